The number of hydrogen-bond donors (Lipinski definition) is 1. The van der Waals surface area contributed by atoms with Gasteiger partial charge >= 0.3 is 0 Å². The summed E-state index contributed by atoms with van der Waals surface area (Å²) in [4.78, 5) is 12.3. The van der Waals surface area contributed by atoms with Crippen LogP contribution in [0.1, 0.15) is 31.9 Å². The quantitative estimate of drug-likeness (QED) is 0.413. The zero-order valence-electron chi connectivity index (χ0n) is 16.2. The second-order valence-corrected chi connectivity index (χ2v) is 9.11. The van der Waals surface area contributed by atoms with E-state index in [1.165, 1.54) is 17.3 Å². The van der Waals surface area contributed by atoms with Crippen LogP contribution in [0.5, 0.6) is 11.5 Å². The van der Waals surface area contributed by atoms with Crippen molar-refractivity contribution in [1.29, 1.82) is 0 Å². The van der Waals surface area contributed by atoms with Gasteiger partial charge in [-0.15, -0.1) is 0 Å². The molecule has 1 heterocycles. The number of benzene rings is 2. The monoisotopic (exact) mass is 413 g/mol. The van der Waals surface area contributed by atoms with Crippen molar-refractivity contribution in [2.24, 2.45) is 0 Å². The van der Waals surface area contributed by atoms with Gasteiger partial charge in [0.15, 0.2) is 0 Å². The largest absolute Gasteiger partial charge is 0.490 e. The number of hydrogen-bond acceptors (Lipinski definition) is 5. The summed E-state index contributed by atoms with van der Waals surface area (Å²) in [6.07, 6.45) is 1.81. The van der Waals surface area contributed by atoms with Gasteiger partial charge in [-0.2, -0.15) is 0 Å². The summed E-state index contributed by atoms with van der Waals surface area (Å²) in [7, 11) is 0. The molecule has 0 atom stereocenters. The summed E-state index contributed by atoms with van der Waals surface area (Å²) in [6.45, 7) is 7.49. The Kier molecular flexibility index (Phi) is 6.42. The summed E-state index contributed by atoms with van der Waals surface area (Å²) in [5.74, 6) is 1.44. The van der Waals surface area contributed by atoms with Gasteiger partial charge in [-0.1, -0.05) is 69.0 Å². The summed E-state index contributed by atoms with van der Waals surface area (Å²) < 4.78 is 11.9. The molecule has 0 bridgehead atoms. The lowest BCUT2D eigenvalue weighted by molar-refractivity contribution is -0.115. The molecule has 0 saturated carbocycles. The van der Waals surface area contributed by atoms with Crippen LogP contribution < -0.4 is 14.8 Å². The average molecular weight is 414 g/mol. The molecule has 1 saturated heterocycles. The first-order chi connectivity index (χ1) is 13.3. The maximum atomic E-state index is 11.7. The van der Waals surface area contributed by atoms with Crippen LogP contribution in [0.2, 0.25) is 0 Å². The van der Waals surface area contributed by atoms with Gasteiger partial charge in [0.1, 0.15) is 29.0 Å². The van der Waals surface area contributed by atoms with Crippen LogP contribution in [0.15, 0.2) is 53.4 Å². The van der Waals surface area contributed by atoms with Crippen molar-refractivity contribution >= 4 is 40.3 Å². The molecule has 1 fully saturated rings. The summed E-state index contributed by atoms with van der Waals surface area (Å²) in [5, 5.41) is 2.61. The van der Waals surface area contributed by atoms with Gasteiger partial charge in [-0.05, 0) is 46.9 Å². The Labute approximate surface area is 175 Å². The van der Waals surface area contributed by atoms with Crippen molar-refractivity contribution in [2.45, 2.75) is 26.2 Å². The van der Waals surface area contributed by atoms with Gasteiger partial charge in [0.2, 0.25) is 0 Å². The summed E-state index contributed by atoms with van der Waals surface area (Å²) >= 11 is 6.26. The van der Waals surface area contributed by atoms with Crippen LogP contribution >= 0.6 is 24.0 Å². The van der Waals surface area contributed by atoms with E-state index in [9.17, 15) is 4.79 Å². The molecule has 28 heavy (non-hydrogen) atoms. The highest BCUT2D eigenvalue weighted by atomic mass is 32.2. The molecule has 4 nitrogen and oxygen atoms in total. The maximum absolute atomic E-state index is 11.7. The van der Waals surface area contributed by atoms with Crippen LogP contribution in [0.3, 0.4) is 0 Å². The van der Waals surface area contributed by atoms with Crippen LogP contribution in [-0.4, -0.2) is 23.4 Å². The van der Waals surface area contributed by atoms with E-state index >= 15 is 0 Å². The van der Waals surface area contributed by atoms with E-state index in [1.807, 2.05) is 42.5 Å². The fourth-order valence-electron chi connectivity index (χ4n) is 2.60. The van der Waals surface area contributed by atoms with E-state index in [0.717, 1.165) is 17.1 Å². The Bertz CT molecular complexity index is 881. The zero-order chi connectivity index (χ0) is 20.1. The fraction of sp³-hybridized carbons (Fsp3) is 0.273. The first kappa shape index (κ1) is 20.4. The Balaban J connectivity index is 1.46. The van der Waals surface area contributed by atoms with Crippen molar-refractivity contribution in [3.05, 3.63) is 64.6 Å². The van der Waals surface area contributed by atoms with Gasteiger partial charge in [0, 0.05) is 0 Å². The van der Waals surface area contributed by atoms with Crippen molar-refractivity contribution in [3.63, 3.8) is 0 Å². The molecule has 1 aliphatic heterocycles. The average Bonchev–Trinajstić information content (AvgIpc) is 2.97. The highest BCUT2D eigenvalue weighted by molar-refractivity contribution is 8.26. The smallest absolute Gasteiger partial charge is 0.263 e. The molecule has 0 spiro atoms. The Morgan fingerprint density at radius 2 is 1.50 bits per heavy atom. The molecular weight excluding hydrogens is 390 g/mol. The van der Waals surface area contributed by atoms with E-state index in [2.05, 4.69) is 38.2 Å². The predicted octanol–water partition coefficient (Wildman–Crippen LogP) is 4.93. The molecule has 1 aliphatic rings. The lowest BCUT2D eigenvalue weighted by Gasteiger charge is -2.19. The normalized spacial score (nSPS) is 15.6. The molecule has 0 aromatic heterocycles. The number of thiocarbonyl (C=S) groups is 1. The zero-order valence-corrected chi connectivity index (χ0v) is 17.8. The molecule has 2 aromatic carbocycles. The number of carbonyl (C=O) groups is 1. The fourth-order valence-corrected chi connectivity index (χ4v) is 3.65. The third-order valence-corrected chi connectivity index (χ3v) is 5.32. The number of thioether (sulfide) groups is 1. The first-order valence-corrected chi connectivity index (χ1v) is 10.2. The number of carbonyl (C=O) groups excluding carboxylic acids is 1. The Hall–Kier alpha value is -2.31. The van der Waals surface area contributed by atoms with E-state index in [0.29, 0.717) is 22.4 Å². The summed E-state index contributed by atoms with van der Waals surface area (Å²) in [5.41, 5.74) is 2.34. The number of ether oxygens (including phenoxy) is 2. The first-order valence-electron chi connectivity index (χ1n) is 9.02. The lowest BCUT2D eigenvalue weighted by atomic mass is 9.87. The van der Waals surface area contributed by atoms with Crippen molar-refractivity contribution in [3.8, 4) is 11.5 Å². The van der Waals surface area contributed by atoms with Gasteiger partial charge in [0.25, 0.3) is 5.91 Å². The van der Waals surface area contributed by atoms with E-state index in [1.54, 1.807) is 0 Å². The standard InChI is InChI=1S/C22H23NO3S2/c1-22(2,3)16-6-10-18(11-7-16)26-13-12-25-17-8-4-15(5-9-17)14-19-20(24)23-21(27)28-19/h4-11,14H,12-13H2,1-3H3,(H,23,24,27)/b19-14+. The van der Waals surface area contributed by atoms with Crippen LogP contribution in [0.25, 0.3) is 6.08 Å². The van der Waals surface area contributed by atoms with E-state index in [-0.39, 0.29) is 11.3 Å². The minimum absolute atomic E-state index is 0.135. The minimum Gasteiger partial charge on any atom is -0.490 e. The highest BCUT2D eigenvalue weighted by Gasteiger charge is 2.21. The topological polar surface area (TPSA) is 47.6 Å². The molecule has 6 heteroatoms. The third kappa shape index (κ3) is 5.59. The van der Waals surface area contributed by atoms with Crippen LogP contribution in [0.4, 0.5) is 0 Å². The van der Waals surface area contributed by atoms with Crippen molar-refractivity contribution in [1.82, 2.24) is 5.32 Å². The lowest BCUT2D eigenvalue weighted by Crippen LogP contribution is -2.17. The predicted molar refractivity (Wildman–Crippen MR) is 119 cm³/mol. The SMILES string of the molecule is CC(C)(C)c1ccc(OCCOc2ccc(/C=C3/SC(=S)NC3=O)cc2)cc1. The molecule has 0 aliphatic carbocycles. The maximum Gasteiger partial charge on any atom is 0.263 e. The second kappa shape index (κ2) is 8.80. The molecule has 1 N–H and O–H groups in total. The molecule has 146 valence electrons. The molecule has 3 rings (SSSR count). The highest BCUT2D eigenvalue weighted by Crippen LogP contribution is 2.26. The Morgan fingerprint density at radius 1 is 0.964 bits per heavy atom. The summed E-state index contributed by atoms with van der Waals surface area (Å²) in [6, 6.07) is 15.7. The van der Waals surface area contributed by atoms with Gasteiger partial charge in [0.05, 0.1) is 4.91 Å². The van der Waals surface area contributed by atoms with Gasteiger partial charge in [-0.25, -0.2) is 0 Å². The molecule has 0 radical (unpaired) electrons. The van der Waals surface area contributed by atoms with Crippen LogP contribution in [-0.2, 0) is 10.2 Å². The number of rotatable bonds is 6. The van der Waals surface area contributed by atoms with E-state index < -0.39 is 0 Å². The molecular formula is C22H23NO3S2. The van der Waals surface area contributed by atoms with Crippen molar-refractivity contribution < 1.29 is 14.3 Å². The number of nitrogens with one attached hydrogen (secondary N) is 1. The van der Waals surface area contributed by atoms with Gasteiger partial charge in [-0.3, -0.25) is 4.79 Å². The molecule has 2 aromatic rings. The second-order valence-electron chi connectivity index (χ2n) is 7.39. The van der Waals surface area contributed by atoms with Gasteiger partial charge < -0.3 is 14.8 Å². The minimum atomic E-state index is -0.150. The number of amides is 1. The molecule has 0 unspecified atom stereocenters. The van der Waals surface area contributed by atoms with Crippen molar-refractivity contribution in [2.75, 3.05) is 13.2 Å². The molecule has 1 amide bonds. The Morgan fingerprint density at radius 3 is 1.96 bits per heavy atom. The van der Waals surface area contributed by atoms with Crippen LogP contribution in [0, 0.1) is 0 Å². The van der Waals surface area contributed by atoms with E-state index in [4.69, 9.17) is 21.7 Å². The third-order valence-electron chi connectivity index (χ3n) is 4.16.